The van der Waals surface area contributed by atoms with E-state index in [0.717, 1.165) is 55.2 Å². The molecule has 1 aliphatic rings. The molecule has 0 radical (unpaired) electrons. The summed E-state index contributed by atoms with van der Waals surface area (Å²) in [7, 11) is 1.63. The Morgan fingerprint density at radius 3 is 2.51 bits per heavy atom. The van der Waals surface area contributed by atoms with Crippen LogP contribution in [0.4, 0.5) is 0 Å². The Bertz CT molecular complexity index is 922. The molecule has 0 unspecified atom stereocenters. The molecule has 1 heterocycles. The maximum atomic E-state index is 13.7. The highest BCUT2D eigenvalue weighted by Gasteiger charge is 2.28. The molecule has 1 saturated carbocycles. The van der Waals surface area contributed by atoms with Crippen LogP contribution >= 0.6 is 15.9 Å². The van der Waals surface area contributed by atoms with Crippen LogP contribution in [0.5, 0.6) is 0 Å². The molecule has 0 saturated heterocycles. The molecule has 0 N–H and O–H groups in total. The molecule has 7 heteroatoms. The Kier molecular flexibility index (Phi) is 11.3. The Hall–Kier alpha value is -2.12. The predicted molar refractivity (Wildman–Crippen MR) is 143 cm³/mol. The van der Waals surface area contributed by atoms with E-state index >= 15 is 0 Å². The highest BCUT2D eigenvalue weighted by molar-refractivity contribution is 9.10. The molecule has 35 heavy (non-hydrogen) atoms. The molecule has 0 aliphatic heterocycles. The van der Waals surface area contributed by atoms with Crippen LogP contribution in [0.1, 0.15) is 69.5 Å². The number of amides is 2. The SMILES string of the molecule is CCCCC(=O)N(CCOC)CC(=O)N(Cc1cccn1Cc1ccc(Br)cc1)C1CCCCC1. The minimum atomic E-state index is 0.0363. The highest BCUT2D eigenvalue weighted by Crippen LogP contribution is 2.25. The first kappa shape index (κ1) is 27.5. The smallest absolute Gasteiger partial charge is 0.242 e. The van der Waals surface area contributed by atoms with Crippen molar-refractivity contribution >= 4 is 27.7 Å². The van der Waals surface area contributed by atoms with Gasteiger partial charge < -0.3 is 19.1 Å². The highest BCUT2D eigenvalue weighted by atomic mass is 79.9. The van der Waals surface area contributed by atoms with Crippen LogP contribution in [0.2, 0.25) is 0 Å². The topological polar surface area (TPSA) is 54.8 Å². The van der Waals surface area contributed by atoms with Gasteiger partial charge in [-0.1, -0.05) is 60.7 Å². The van der Waals surface area contributed by atoms with Crippen LogP contribution in [0.15, 0.2) is 47.1 Å². The average Bonchev–Trinajstić information content (AvgIpc) is 3.31. The number of nitrogens with zero attached hydrogens (tertiary/aromatic N) is 3. The molecule has 0 atom stereocenters. The molecule has 6 nitrogen and oxygen atoms in total. The van der Waals surface area contributed by atoms with Crippen molar-refractivity contribution in [3.63, 3.8) is 0 Å². The molecule has 2 aromatic rings. The van der Waals surface area contributed by atoms with E-state index in [1.165, 1.54) is 12.0 Å². The standard InChI is InChI=1S/C28H40BrN3O3/c1-3-4-12-27(33)31(18-19-35-2)22-28(34)32(25-9-6-5-7-10-25)21-26-11-8-17-30(26)20-23-13-15-24(29)16-14-23/h8,11,13-17,25H,3-7,9-10,12,18-22H2,1-2H3. The van der Waals surface area contributed by atoms with Crippen molar-refractivity contribution in [3.05, 3.63) is 58.3 Å². The quantitative estimate of drug-likeness (QED) is 0.328. The van der Waals surface area contributed by atoms with Crippen molar-refractivity contribution < 1.29 is 14.3 Å². The molecular formula is C28H40BrN3O3. The molecule has 1 fully saturated rings. The largest absolute Gasteiger partial charge is 0.383 e. The zero-order chi connectivity index (χ0) is 25.0. The van der Waals surface area contributed by atoms with Gasteiger partial charge in [0.05, 0.1) is 19.7 Å². The van der Waals surface area contributed by atoms with Gasteiger partial charge in [0.25, 0.3) is 0 Å². The fourth-order valence-corrected chi connectivity index (χ4v) is 5.02. The Balaban J connectivity index is 1.76. The fraction of sp³-hybridized carbons (Fsp3) is 0.571. The summed E-state index contributed by atoms with van der Waals surface area (Å²) in [6.07, 6.45) is 9.95. The Morgan fingerprint density at radius 2 is 1.83 bits per heavy atom. The number of carbonyl (C=O) groups is 2. The molecule has 1 aliphatic carbocycles. The third-order valence-corrected chi connectivity index (χ3v) is 7.37. The number of carbonyl (C=O) groups excluding carboxylic acids is 2. The van der Waals surface area contributed by atoms with Gasteiger partial charge in [0, 0.05) is 49.0 Å². The number of ether oxygens (including phenoxy) is 1. The summed E-state index contributed by atoms with van der Waals surface area (Å²) in [4.78, 5) is 30.3. The number of rotatable bonds is 13. The number of benzene rings is 1. The molecule has 192 valence electrons. The first-order chi connectivity index (χ1) is 17.0. The number of aromatic nitrogens is 1. The van der Waals surface area contributed by atoms with Crippen LogP contribution in [-0.4, -0.2) is 59.0 Å². The van der Waals surface area contributed by atoms with Crippen LogP contribution in [0.3, 0.4) is 0 Å². The van der Waals surface area contributed by atoms with Gasteiger partial charge in [0.1, 0.15) is 0 Å². The second-order valence-electron chi connectivity index (χ2n) is 9.48. The van der Waals surface area contributed by atoms with Gasteiger partial charge in [-0.25, -0.2) is 0 Å². The van der Waals surface area contributed by atoms with Crippen molar-refractivity contribution in [3.8, 4) is 0 Å². The van der Waals surface area contributed by atoms with E-state index in [1.807, 2.05) is 4.90 Å². The number of hydrogen-bond donors (Lipinski definition) is 0. The summed E-state index contributed by atoms with van der Waals surface area (Å²) < 4.78 is 8.51. The Labute approximate surface area is 218 Å². The van der Waals surface area contributed by atoms with Gasteiger partial charge in [-0.05, 0) is 49.1 Å². The lowest BCUT2D eigenvalue weighted by Gasteiger charge is -2.36. The predicted octanol–water partition coefficient (Wildman–Crippen LogP) is 5.63. The molecule has 1 aromatic heterocycles. The van der Waals surface area contributed by atoms with Crippen molar-refractivity contribution in [2.24, 2.45) is 0 Å². The lowest BCUT2D eigenvalue weighted by atomic mass is 9.94. The van der Waals surface area contributed by atoms with Crippen LogP contribution in [0.25, 0.3) is 0 Å². The van der Waals surface area contributed by atoms with E-state index in [1.54, 1.807) is 12.0 Å². The fourth-order valence-electron chi connectivity index (χ4n) is 4.76. The third kappa shape index (κ3) is 8.50. The van der Waals surface area contributed by atoms with E-state index in [2.05, 4.69) is 70.0 Å². The first-order valence-electron chi connectivity index (χ1n) is 13.0. The van der Waals surface area contributed by atoms with Crippen molar-refractivity contribution in [1.82, 2.24) is 14.4 Å². The minimum absolute atomic E-state index is 0.0363. The van der Waals surface area contributed by atoms with Crippen LogP contribution in [-0.2, 0) is 27.4 Å². The molecule has 1 aromatic carbocycles. The molecular weight excluding hydrogens is 506 g/mol. The van der Waals surface area contributed by atoms with Gasteiger partial charge in [0.15, 0.2) is 0 Å². The second kappa shape index (κ2) is 14.4. The third-order valence-electron chi connectivity index (χ3n) is 6.85. The summed E-state index contributed by atoms with van der Waals surface area (Å²) >= 11 is 3.50. The molecule has 3 rings (SSSR count). The maximum absolute atomic E-state index is 13.7. The maximum Gasteiger partial charge on any atom is 0.242 e. The van der Waals surface area contributed by atoms with Gasteiger partial charge in [-0.2, -0.15) is 0 Å². The normalized spacial score (nSPS) is 14.1. The number of unbranched alkanes of at least 4 members (excludes halogenated alkanes) is 1. The van der Waals surface area contributed by atoms with E-state index < -0.39 is 0 Å². The summed E-state index contributed by atoms with van der Waals surface area (Å²) in [5, 5.41) is 0. The summed E-state index contributed by atoms with van der Waals surface area (Å²) in [6.45, 7) is 4.40. The Morgan fingerprint density at radius 1 is 1.09 bits per heavy atom. The number of hydrogen-bond acceptors (Lipinski definition) is 3. The lowest BCUT2D eigenvalue weighted by Crippen LogP contribution is -2.48. The molecule has 0 spiro atoms. The first-order valence-corrected chi connectivity index (χ1v) is 13.8. The van der Waals surface area contributed by atoms with Gasteiger partial charge in [0.2, 0.25) is 11.8 Å². The zero-order valence-electron chi connectivity index (χ0n) is 21.3. The number of methoxy groups -OCH3 is 1. The van der Waals surface area contributed by atoms with Crippen molar-refractivity contribution in [2.75, 3.05) is 26.8 Å². The summed E-state index contributed by atoms with van der Waals surface area (Å²) in [5.74, 6) is 0.0775. The lowest BCUT2D eigenvalue weighted by molar-refractivity contribution is -0.143. The van der Waals surface area contributed by atoms with Crippen LogP contribution in [0, 0.1) is 0 Å². The van der Waals surface area contributed by atoms with Crippen molar-refractivity contribution in [1.29, 1.82) is 0 Å². The summed E-state index contributed by atoms with van der Waals surface area (Å²) in [6, 6.07) is 12.7. The molecule has 2 amide bonds. The van der Waals surface area contributed by atoms with Gasteiger partial charge in [-0.3, -0.25) is 9.59 Å². The number of halogens is 1. The monoisotopic (exact) mass is 545 g/mol. The van der Waals surface area contributed by atoms with Crippen molar-refractivity contribution in [2.45, 2.75) is 77.4 Å². The average molecular weight is 547 g/mol. The van der Waals surface area contributed by atoms with Gasteiger partial charge in [-0.15, -0.1) is 0 Å². The molecule has 0 bridgehead atoms. The van der Waals surface area contributed by atoms with E-state index in [-0.39, 0.29) is 24.4 Å². The second-order valence-corrected chi connectivity index (χ2v) is 10.4. The van der Waals surface area contributed by atoms with E-state index in [9.17, 15) is 9.59 Å². The minimum Gasteiger partial charge on any atom is -0.383 e. The zero-order valence-corrected chi connectivity index (χ0v) is 22.8. The van der Waals surface area contributed by atoms with E-state index in [4.69, 9.17) is 4.74 Å². The van der Waals surface area contributed by atoms with Crippen LogP contribution < -0.4 is 0 Å². The summed E-state index contributed by atoms with van der Waals surface area (Å²) in [5.41, 5.74) is 2.33. The van der Waals surface area contributed by atoms with Gasteiger partial charge >= 0.3 is 0 Å². The van der Waals surface area contributed by atoms with E-state index in [0.29, 0.717) is 26.1 Å².